The van der Waals surface area contributed by atoms with E-state index in [9.17, 15) is 9.90 Å². The van der Waals surface area contributed by atoms with Crippen LogP contribution in [-0.4, -0.2) is 56.6 Å². The molecule has 4 unspecified atom stereocenters. The van der Waals surface area contributed by atoms with Gasteiger partial charge in [0.15, 0.2) is 6.23 Å². The zero-order valence-corrected chi connectivity index (χ0v) is 17.1. The van der Waals surface area contributed by atoms with Crippen LogP contribution in [0.1, 0.15) is 33.4 Å². The summed E-state index contributed by atoms with van der Waals surface area (Å²) in [6.07, 6.45) is 2.32. The van der Waals surface area contributed by atoms with Crippen molar-refractivity contribution >= 4 is 31.8 Å². The van der Waals surface area contributed by atoms with Crippen LogP contribution in [0.5, 0.6) is 0 Å². The van der Waals surface area contributed by atoms with E-state index in [-0.39, 0.29) is 33.7 Å². The van der Waals surface area contributed by atoms with E-state index in [2.05, 4.69) is 15.1 Å². The molecule has 0 aliphatic carbocycles. The van der Waals surface area contributed by atoms with Gasteiger partial charge in [-0.1, -0.05) is 0 Å². The number of fused-ring (bicyclic) bond motifs is 1. The van der Waals surface area contributed by atoms with Gasteiger partial charge in [0, 0.05) is 12.6 Å². The van der Waals surface area contributed by atoms with E-state index < -0.39 is 11.8 Å². The molecule has 11 heteroatoms. The van der Waals surface area contributed by atoms with Gasteiger partial charge in [-0.3, -0.25) is 9.88 Å². The Bertz CT molecular complexity index is 829. The minimum atomic E-state index is -1.12. The van der Waals surface area contributed by atoms with E-state index in [1.165, 1.54) is 6.33 Å². The highest BCUT2D eigenvalue weighted by molar-refractivity contribution is 7.29. The summed E-state index contributed by atoms with van der Waals surface area (Å²) in [6, 6.07) is 1.80. The highest BCUT2D eigenvalue weighted by Gasteiger charge is 2.47. The van der Waals surface area contributed by atoms with Crippen molar-refractivity contribution < 1.29 is 23.9 Å². The fourth-order valence-corrected chi connectivity index (χ4v) is 3.86. The van der Waals surface area contributed by atoms with Gasteiger partial charge >= 0.3 is 5.97 Å². The topological polar surface area (TPSA) is 134 Å². The number of nitrogens with zero attached hydrogens (tertiary/aromatic N) is 3. The first-order valence-electron chi connectivity index (χ1n) is 9.07. The summed E-state index contributed by atoms with van der Waals surface area (Å²) < 4.78 is 18.5. The van der Waals surface area contributed by atoms with Crippen molar-refractivity contribution in [1.82, 2.24) is 19.6 Å². The lowest BCUT2D eigenvalue weighted by atomic mass is 9.98. The van der Waals surface area contributed by atoms with Crippen LogP contribution < -0.4 is 10.8 Å². The van der Waals surface area contributed by atoms with E-state index in [0.29, 0.717) is 29.9 Å². The predicted octanol–water partition coefficient (Wildman–Crippen LogP) is 1.12. The van der Waals surface area contributed by atoms with Crippen LogP contribution >= 0.6 is 8.96 Å². The molecule has 154 valence electrons. The van der Waals surface area contributed by atoms with Gasteiger partial charge in [0.25, 0.3) is 0 Å². The first-order chi connectivity index (χ1) is 13.3. The third-order valence-corrected chi connectivity index (χ3v) is 5.43. The zero-order chi connectivity index (χ0) is 20.3. The van der Waals surface area contributed by atoms with Gasteiger partial charge in [0.2, 0.25) is 0 Å². The molecule has 0 amide bonds. The molecular formula is C17H26N5O5P. The fourth-order valence-electron chi connectivity index (χ4n) is 3.22. The molecule has 1 saturated heterocycles. The Morgan fingerprint density at radius 3 is 3.14 bits per heavy atom. The summed E-state index contributed by atoms with van der Waals surface area (Å²) in [5.41, 5.74) is 5.38. The van der Waals surface area contributed by atoms with E-state index in [1.54, 1.807) is 30.7 Å². The molecule has 28 heavy (non-hydrogen) atoms. The van der Waals surface area contributed by atoms with E-state index in [0.717, 1.165) is 0 Å². The third kappa shape index (κ3) is 4.42. The lowest BCUT2D eigenvalue weighted by Gasteiger charge is -2.25. The standard InChI is InChI=1S/C17H26N5O5P/c1-4-25-13(23)8-21-28-27-10(2)12-7-17(3,24)16(26-12)22-6-5-11-14(18)19-9-20-15(11)22/h5-6,9-10,12,16,21,24,28H,4,7-8H2,1-3H3,(H2,18,19,20)/t10?,12?,16?,17-/m1/s1. The summed E-state index contributed by atoms with van der Waals surface area (Å²) in [6.45, 7) is 5.78. The number of aromatic nitrogens is 3. The van der Waals surface area contributed by atoms with Crippen LogP contribution in [0, 0.1) is 0 Å². The number of hydrogen-bond donors (Lipinski definition) is 3. The van der Waals surface area contributed by atoms with Gasteiger partial charge in [-0.2, -0.15) is 0 Å². The van der Waals surface area contributed by atoms with Gasteiger partial charge < -0.3 is 29.4 Å². The number of nitrogens with two attached hydrogens (primary N) is 1. The van der Waals surface area contributed by atoms with Crippen LogP contribution in [-0.2, 0) is 18.8 Å². The summed E-state index contributed by atoms with van der Waals surface area (Å²) in [5.74, 6) is 0.0515. The van der Waals surface area contributed by atoms with Gasteiger partial charge in [-0.25, -0.2) is 9.97 Å². The Balaban J connectivity index is 1.62. The highest BCUT2D eigenvalue weighted by atomic mass is 31.1. The van der Waals surface area contributed by atoms with Crippen molar-refractivity contribution in [1.29, 1.82) is 0 Å². The van der Waals surface area contributed by atoms with Gasteiger partial charge in [-0.15, -0.1) is 0 Å². The number of ether oxygens (including phenoxy) is 2. The Labute approximate surface area is 164 Å². The number of nitrogen functional groups attached to an aromatic ring is 1. The molecule has 0 aromatic carbocycles. The van der Waals surface area contributed by atoms with Crippen molar-refractivity contribution in [3.63, 3.8) is 0 Å². The molecule has 5 atom stereocenters. The zero-order valence-electron chi connectivity index (χ0n) is 16.1. The maximum atomic E-state index is 11.3. The van der Waals surface area contributed by atoms with Crippen molar-refractivity contribution in [2.24, 2.45) is 0 Å². The molecule has 0 spiro atoms. The second-order valence-electron chi connectivity index (χ2n) is 6.89. The molecule has 10 nitrogen and oxygen atoms in total. The average Bonchev–Trinajstić information content (AvgIpc) is 3.20. The van der Waals surface area contributed by atoms with Crippen LogP contribution in [0.3, 0.4) is 0 Å². The lowest BCUT2D eigenvalue weighted by Crippen LogP contribution is -2.32. The van der Waals surface area contributed by atoms with Crippen LogP contribution in [0.2, 0.25) is 0 Å². The number of nitrogens with one attached hydrogen (secondary N) is 1. The van der Waals surface area contributed by atoms with Gasteiger partial charge in [-0.05, 0) is 26.8 Å². The molecule has 0 bridgehead atoms. The summed E-state index contributed by atoms with van der Waals surface area (Å²) >= 11 is 0. The van der Waals surface area contributed by atoms with Crippen molar-refractivity contribution in [2.75, 3.05) is 18.9 Å². The van der Waals surface area contributed by atoms with Crippen LogP contribution in [0.4, 0.5) is 5.82 Å². The van der Waals surface area contributed by atoms with Gasteiger partial charge in [0.05, 0.1) is 39.7 Å². The molecule has 3 rings (SSSR count). The molecule has 2 aromatic rings. The van der Waals surface area contributed by atoms with E-state index in [4.69, 9.17) is 19.7 Å². The van der Waals surface area contributed by atoms with E-state index in [1.807, 2.05) is 6.92 Å². The maximum absolute atomic E-state index is 11.3. The maximum Gasteiger partial charge on any atom is 0.320 e. The lowest BCUT2D eigenvalue weighted by molar-refractivity contribution is -0.141. The number of esters is 1. The first-order valence-corrected chi connectivity index (χ1v) is 9.98. The van der Waals surface area contributed by atoms with Crippen molar-refractivity contribution in [3.8, 4) is 0 Å². The van der Waals surface area contributed by atoms with E-state index >= 15 is 0 Å². The third-order valence-electron chi connectivity index (χ3n) is 4.62. The first kappa shape index (κ1) is 20.9. The summed E-state index contributed by atoms with van der Waals surface area (Å²) in [5, 5.41) is 14.5. The smallest absolute Gasteiger partial charge is 0.320 e. The number of aliphatic hydroxyl groups is 1. The Morgan fingerprint density at radius 1 is 1.61 bits per heavy atom. The molecular weight excluding hydrogens is 385 g/mol. The van der Waals surface area contributed by atoms with Crippen LogP contribution in [0.25, 0.3) is 11.0 Å². The number of rotatable bonds is 8. The van der Waals surface area contributed by atoms with Gasteiger partial charge in [0.1, 0.15) is 23.4 Å². The normalized spacial score (nSPS) is 26.3. The molecule has 3 heterocycles. The second-order valence-corrected chi connectivity index (χ2v) is 7.68. The largest absolute Gasteiger partial charge is 0.465 e. The molecule has 2 aromatic heterocycles. The minimum Gasteiger partial charge on any atom is -0.465 e. The molecule has 0 saturated carbocycles. The quantitative estimate of drug-likeness (QED) is 0.332. The molecule has 4 N–H and O–H groups in total. The second kappa shape index (κ2) is 8.67. The Morgan fingerprint density at radius 2 is 2.39 bits per heavy atom. The molecule has 1 fully saturated rings. The predicted molar refractivity (Wildman–Crippen MR) is 105 cm³/mol. The monoisotopic (exact) mass is 411 g/mol. The molecule has 1 aliphatic heterocycles. The van der Waals surface area contributed by atoms with Crippen LogP contribution in [0.15, 0.2) is 18.6 Å². The van der Waals surface area contributed by atoms with Crippen molar-refractivity contribution in [3.05, 3.63) is 18.6 Å². The average molecular weight is 411 g/mol. The Kier molecular flexibility index (Phi) is 6.47. The molecule has 1 aliphatic rings. The van der Waals surface area contributed by atoms with Crippen molar-refractivity contribution in [2.45, 2.75) is 51.2 Å². The number of carbonyl (C=O) groups is 1. The summed E-state index contributed by atoms with van der Waals surface area (Å²) in [7, 11) is -0.0904. The molecule has 0 radical (unpaired) electrons. The SMILES string of the molecule is CCOC(=O)CNPOC(C)C1C[C@@](C)(O)C(n2ccc3c(N)ncnc32)O1. The number of carbonyl (C=O) groups excluding carboxylic acids is 1. The minimum absolute atomic E-state index is 0.0847. The Hall–Kier alpha value is -1.84. The summed E-state index contributed by atoms with van der Waals surface area (Å²) in [4.78, 5) is 19.6. The fraction of sp³-hybridized carbons (Fsp3) is 0.588. The highest BCUT2D eigenvalue weighted by Crippen LogP contribution is 2.41. The number of anilines is 1. The number of hydrogen-bond acceptors (Lipinski definition) is 9.